The first-order chi connectivity index (χ1) is 16.8. The van der Waals surface area contributed by atoms with Gasteiger partial charge in [0.25, 0.3) is 0 Å². The molecular weight excluding hydrogens is 446 g/mol. The molecule has 5 rings (SSSR count). The van der Waals surface area contributed by atoms with Crippen molar-refractivity contribution in [2.75, 3.05) is 19.6 Å². The molecule has 0 spiro atoms. The Morgan fingerprint density at radius 1 is 1.03 bits per heavy atom. The van der Waals surface area contributed by atoms with Gasteiger partial charge in [-0.2, -0.15) is 0 Å². The summed E-state index contributed by atoms with van der Waals surface area (Å²) in [5, 5.41) is 8.45. The first-order valence-corrected chi connectivity index (χ1v) is 15.1. The summed E-state index contributed by atoms with van der Waals surface area (Å²) in [4.78, 5) is 2.73. The highest BCUT2D eigenvalue weighted by atomic mass is 32.1. The summed E-state index contributed by atoms with van der Waals surface area (Å²) in [6.45, 7) is 13.3. The van der Waals surface area contributed by atoms with Gasteiger partial charge < -0.3 is 10.6 Å². The molecule has 0 aromatic heterocycles. The lowest BCUT2D eigenvalue weighted by atomic mass is 9.49. The first-order valence-electron chi connectivity index (χ1n) is 14.7. The second-order valence-electron chi connectivity index (χ2n) is 13.1. The molecule has 1 unspecified atom stereocenters. The summed E-state index contributed by atoms with van der Waals surface area (Å²) < 4.78 is 0. The molecule has 1 saturated heterocycles. The van der Waals surface area contributed by atoms with Crippen LogP contribution in [0.3, 0.4) is 0 Å². The maximum absolute atomic E-state index is 5.92. The Kier molecular flexibility index (Phi) is 7.53. The maximum Gasteiger partial charge on any atom is 0.166 e. The number of thiocarbonyl (C=S) groups is 1. The molecule has 3 aliphatic carbocycles. The molecule has 4 aliphatic rings. The van der Waals surface area contributed by atoms with Crippen LogP contribution in [-0.4, -0.2) is 41.7 Å². The Labute approximate surface area is 220 Å². The average Bonchev–Trinajstić information content (AvgIpc) is 3.38. The lowest BCUT2D eigenvalue weighted by molar-refractivity contribution is 0.0291. The van der Waals surface area contributed by atoms with E-state index in [4.69, 9.17) is 12.2 Å². The van der Waals surface area contributed by atoms with E-state index in [0.717, 1.165) is 11.7 Å². The topological polar surface area (TPSA) is 27.3 Å². The van der Waals surface area contributed by atoms with Crippen molar-refractivity contribution in [1.82, 2.24) is 15.5 Å². The highest BCUT2D eigenvalue weighted by Crippen LogP contribution is 2.57. The number of fused-ring (bicyclic) bond motifs is 3. The van der Waals surface area contributed by atoms with Gasteiger partial charge in [-0.05, 0) is 116 Å². The van der Waals surface area contributed by atoms with Crippen LogP contribution in [0, 0.1) is 11.3 Å². The molecule has 2 N–H and O–H groups in total. The zero-order chi connectivity index (χ0) is 24.6. The van der Waals surface area contributed by atoms with Crippen LogP contribution in [0.25, 0.3) is 0 Å². The van der Waals surface area contributed by atoms with E-state index in [0.29, 0.717) is 23.9 Å². The molecule has 1 aromatic rings. The predicted octanol–water partition coefficient (Wildman–Crippen LogP) is 6.69. The van der Waals surface area contributed by atoms with Crippen molar-refractivity contribution < 1.29 is 0 Å². The van der Waals surface area contributed by atoms with Gasteiger partial charge in [0, 0.05) is 18.6 Å². The van der Waals surface area contributed by atoms with Gasteiger partial charge in [-0.25, -0.2) is 0 Å². The lowest BCUT2D eigenvalue weighted by Gasteiger charge is -2.56. The second-order valence-corrected chi connectivity index (χ2v) is 13.5. The van der Waals surface area contributed by atoms with Gasteiger partial charge in [-0.1, -0.05) is 65.2 Å². The maximum atomic E-state index is 5.92. The van der Waals surface area contributed by atoms with Gasteiger partial charge in [0.1, 0.15) is 0 Å². The molecule has 35 heavy (non-hydrogen) atoms. The third-order valence-corrected chi connectivity index (χ3v) is 10.7. The number of hydrogen-bond donors (Lipinski definition) is 2. The Balaban J connectivity index is 1.26. The number of benzene rings is 1. The number of nitrogens with zero attached hydrogens (tertiary/aromatic N) is 1. The van der Waals surface area contributed by atoms with Crippen molar-refractivity contribution in [3.8, 4) is 0 Å². The van der Waals surface area contributed by atoms with Crippen molar-refractivity contribution in [3.05, 3.63) is 34.9 Å². The van der Waals surface area contributed by atoms with Gasteiger partial charge in [0.05, 0.1) is 0 Å². The molecule has 1 aliphatic heterocycles. The average molecular weight is 496 g/mol. The number of hydrogen-bond acceptors (Lipinski definition) is 2. The molecule has 0 radical (unpaired) electrons. The van der Waals surface area contributed by atoms with Crippen LogP contribution < -0.4 is 10.6 Å². The van der Waals surface area contributed by atoms with Crippen LogP contribution in [-0.2, 0) is 11.8 Å². The summed E-state index contributed by atoms with van der Waals surface area (Å²) in [5.74, 6) is 1.30. The van der Waals surface area contributed by atoms with Gasteiger partial charge in [0.2, 0.25) is 0 Å². The van der Waals surface area contributed by atoms with E-state index >= 15 is 0 Å². The molecule has 3 fully saturated rings. The van der Waals surface area contributed by atoms with Crippen molar-refractivity contribution in [2.24, 2.45) is 11.3 Å². The molecule has 194 valence electrons. The van der Waals surface area contributed by atoms with Crippen molar-refractivity contribution in [3.63, 3.8) is 0 Å². The van der Waals surface area contributed by atoms with Crippen LogP contribution in [0.5, 0.6) is 0 Å². The van der Waals surface area contributed by atoms with Crippen molar-refractivity contribution in [2.45, 2.75) is 122 Å². The molecule has 0 amide bonds. The smallest absolute Gasteiger partial charge is 0.166 e. The van der Waals surface area contributed by atoms with E-state index in [1.165, 1.54) is 89.3 Å². The molecule has 1 heterocycles. The van der Waals surface area contributed by atoms with Gasteiger partial charge in [-0.3, -0.25) is 4.90 Å². The normalized spacial score (nSPS) is 35.4. The molecule has 2 saturated carbocycles. The largest absolute Gasteiger partial charge is 0.362 e. The summed E-state index contributed by atoms with van der Waals surface area (Å²) in [6.07, 6.45) is 14.5. The number of nitrogens with one attached hydrogen (secondary N) is 2. The minimum atomic E-state index is 0.283. The Morgan fingerprint density at radius 2 is 1.80 bits per heavy atom. The zero-order valence-electron chi connectivity index (χ0n) is 22.8. The van der Waals surface area contributed by atoms with Crippen molar-refractivity contribution >= 4 is 17.3 Å². The van der Waals surface area contributed by atoms with Crippen LogP contribution >= 0.6 is 12.2 Å². The summed E-state index contributed by atoms with van der Waals surface area (Å²) >= 11 is 5.92. The highest BCUT2D eigenvalue weighted by Gasteiger charge is 2.51. The van der Waals surface area contributed by atoms with E-state index in [2.05, 4.69) is 61.4 Å². The van der Waals surface area contributed by atoms with Gasteiger partial charge in [0.15, 0.2) is 5.11 Å². The third-order valence-electron chi connectivity index (χ3n) is 10.5. The SMILES string of the molecule is CC(C)c1ccc2c(c1)[C@@]1(C)CCC[C@@](C)(CNC(=S)N[C@H]3CCCC[C@@H]3N3CCCC3)C1CC2. The molecular formula is C31H49N3S. The van der Waals surface area contributed by atoms with E-state index in [-0.39, 0.29) is 10.8 Å². The number of rotatable bonds is 5. The molecule has 1 aromatic carbocycles. The molecule has 4 heteroatoms. The quantitative estimate of drug-likeness (QED) is 0.445. The standard InChI is InChI=1S/C31H49N3S/c1-22(2)24-13-12-23-14-15-28-30(3,16-9-17-31(28,4)25(23)20-24)21-32-29(35)33-26-10-5-6-11-27(26)34-18-7-8-19-34/h12-13,20,22,26-28H,5-11,14-19,21H2,1-4H3,(H2,32,33,35)/t26-,27-,28?,30-,31+/m0/s1. The second kappa shape index (κ2) is 10.3. The lowest BCUT2D eigenvalue weighted by Crippen LogP contribution is -2.57. The molecule has 0 bridgehead atoms. The van der Waals surface area contributed by atoms with Crippen molar-refractivity contribution in [1.29, 1.82) is 0 Å². The fraction of sp³-hybridized carbons (Fsp3) is 0.774. The van der Waals surface area contributed by atoms with Crippen LogP contribution in [0.1, 0.15) is 115 Å². The van der Waals surface area contributed by atoms with Gasteiger partial charge >= 0.3 is 0 Å². The van der Waals surface area contributed by atoms with Crippen LogP contribution in [0.2, 0.25) is 0 Å². The number of likely N-dealkylation sites (tertiary alicyclic amines) is 1. The van der Waals surface area contributed by atoms with Gasteiger partial charge in [-0.15, -0.1) is 0 Å². The minimum Gasteiger partial charge on any atom is -0.362 e. The highest BCUT2D eigenvalue weighted by molar-refractivity contribution is 7.80. The summed E-state index contributed by atoms with van der Waals surface area (Å²) in [6, 6.07) is 8.57. The monoisotopic (exact) mass is 495 g/mol. The van der Waals surface area contributed by atoms with Crippen LogP contribution in [0.4, 0.5) is 0 Å². The summed E-state index contributed by atoms with van der Waals surface area (Å²) in [5.41, 5.74) is 5.33. The Bertz CT molecular complexity index is 906. The Hall–Kier alpha value is -1.13. The molecule has 3 nitrogen and oxygen atoms in total. The fourth-order valence-corrected chi connectivity index (χ4v) is 8.70. The summed E-state index contributed by atoms with van der Waals surface area (Å²) in [7, 11) is 0. The number of aryl methyl sites for hydroxylation is 1. The van der Waals surface area contributed by atoms with Crippen LogP contribution in [0.15, 0.2) is 18.2 Å². The van der Waals surface area contributed by atoms with E-state index < -0.39 is 0 Å². The Morgan fingerprint density at radius 3 is 2.57 bits per heavy atom. The van der Waals surface area contributed by atoms with E-state index in [1.54, 1.807) is 11.1 Å². The third kappa shape index (κ3) is 5.04. The zero-order valence-corrected chi connectivity index (χ0v) is 23.6. The fourth-order valence-electron chi connectivity index (χ4n) is 8.47. The van der Waals surface area contributed by atoms with E-state index in [1.807, 2.05) is 0 Å². The molecule has 5 atom stereocenters. The minimum absolute atomic E-state index is 0.283. The van der Waals surface area contributed by atoms with E-state index in [9.17, 15) is 0 Å². The predicted molar refractivity (Wildman–Crippen MR) is 152 cm³/mol. The first kappa shape index (κ1) is 25.5.